The van der Waals surface area contributed by atoms with Crippen LogP contribution in [0.25, 0.3) is 10.9 Å². The number of rotatable bonds is 4. The van der Waals surface area contributed by atoms with Crippen molar-refractivity contribution in [2.75, 3.05) is 5.75 Å². The fraction of sp³-hybridized carbons (Fsp3) is 0.357. The van der Waals surface area contributed by atoms with Crippen molar-refractivity contribution >= 4 is 22.7 Å². The van der Waals surface area contributed by atoms with Crippen LogP contribution < -0.4 is 0 Å². The molecule has 1 fully saturated rings. The molecule has 1 aromatic heterocycles. The smallest absolute Gasteiger partial charge is 0.117 e. The molecule has 2 aromatic rings. The molecule has 90 valence electrons. The minimum Gasteiger partial charge on any atom is -0.236 e. The Morgan fingerprint density at radius 2 is 2.11 bits per heavy atom. The van der Waals surface area contributed by atoms with Crippen LogP contribution in [0.1, 0.15) is 19.3 Å². The van der Waals surface area contributed by atoms with E-state index in [0.717, 1.165) is 21.7 Å². The Bertz CT molecular complexity index is 608. The summed E-state index contributed by atoms with van der Waals surface area (Å²) in [5.74, 6) is 0.988. The van der Waals surface area contributed by atoms with Gasteiger partial charge in [0.25, 0.3) is 0 Å². The van der Waals surface area contributed by atoms with Gasteiger partial charge >= 0.3 is 0 Å². The maximum absolute atomic E-state index is 8.83. The summed E-state index contributed by atoms with van der Waals surface area (Å²) in [6.45, 7) is 0. The molecule has 1 heterocycles. The van der Waals surface area contributed by atoms with E-state index in [1.54, 1.807) is 18.1 Å². The van der Waals surface area contributed by atoms with E-state index in [-0.39, 0.29) is 5.41 Å². The topological polar surface area (TPSA) is 49.6 Å². The second-order valence-electron chi connectivity index (χ2n) is 4.82. The van der Waals surface area contributed by atoms with E-state index in [0.29, 0.717) is 6.42 Å². The van der Waals surface area contributed by atoms with Gasteiger partial charge < -0.3 is 0 Å². The largest absolute Gasteiger partial charge is 0.236 e. The molecule has 4 heteroatoms. The molecular weight excluding hydrogens is 242 g/mol. The summed E-state index contributed by atoms with van der Waals surface area (Å²) < 4.78 is 0. The molecule has 0 atom stereocenters. The first-order chi connectivity index (χ1) is 8.83. The van der Waals surface area contributed by atoms with Crippen LogP contribution in [0.4, 0.5) is 0 Å². The maximum Gasteiger partial charge on any atom is 0.117 e. The van der Waals surface area contributed by atoms with Gasteiger partial charge in [-0.3, -0.25) is 0 Å². The van der Waals surface area contributed by atoms with Crippen molar-refractivity contribution < 1.29 is 0 Å². The average molecular weight is 255 g/mol. The third-order valence-electron chi connectivity index (χ3n) is 3.43. The number of hydrogen-bond donors (Lipinski definition) is 0. The van der Waals surface area contributed by atoms with E-state index in [1.165, 1.54) is 12.8 Å². The van der Waals surface area contributed by atoms with Gasteiger partial charge in [-0.25, -0.2) is 9.97 Å². The van der Waals surface area contributed by atoms with Crippen LogP contribution in [-0.4, -0.2) is 15.7 Å². The molecule has 0 spiro atoms. The summed E-state index contributed by atoms with van der Waals surface area (Å²) in [5, 5.41) is 11.0. The monoisotopic (exact) mass is 255 g/mol. The van der Waals surface area contributed by atoms with Crippen molar-refractivity contribution in [2.24, 2.45) is 5.41 Å². The van der Waals surface area contributed by atoms with E-state index < -0.39 is 0 Å². The zero-order chi connectivity index (χ0) is 12.4. The van der Waals surface area contributed by atoms with Crippen LogP contribution in [0.3, 0.4) is 0 Å². The SMILES string of the molecule is N#CCC1(CSc2ncnc3ccccc23)CC1. The van der Waals surface area contributed by atoms with Gasteiger partial charge in [0.1, 0.15) is 11.4 Å². The van der Waals surface area contributed by atoms with Gasteiger partial charge in [0.2, 0.25) is 0 Å². The molecule has 18 heavy (non-hydrogen) atoms. The Balaban J connectivity index is 1.81. The lowest BCUT2D eigenvalue weighted by Crippen LogP contribution is -2.03. The zero-order valence-electron chi connectivity index (χ0n) is 9.97. The lowest BCUT2D eigenvalue weighted by atomic mass is 10.1. The first-order valence-corrected chi connectivity index (χ1v) is 7.01. The Morgan fingerprint density at radius 3 is 2.89 bits per heavy atom. The minimum absolute atomic E-state index is 0.255. The predicted octanol–water partition coefficient (Wildman–Crippen LogP) is 3.42. The molecule has 0 radical (unpaired) electrons. The highest BCUT2D eigenvalue weighted by Gasteiger charge is 2.42. The molecular formula is C14H13N3S. The highest BCUT2D eigenvalue weighted by atomic mass is 32.2. The normalized spacial score (nSPS) is 16.4. The summed E-state index contributed by atoms with van der Waals surface area (Å²) in [6, 6.07) is 10.4. The first kappa shape index (κ1) is 11.5. The average Bonchev–Trinajstić information content (AvgIpc) is 3.17. The van der Waals surface area contributed by atoms with Gasteiger partial charge in [0.05, 0.1) is 11.6 Å². The molecule has 0 unspecified atom stereocenters. The summed E-state index contributed by atoms with van der Waals surface area (Å²) >= 11 is 1.76. The molecule has 0 amide bonds. The van der Waals surface area contributed by atoms with Crippen LogP contribution in [0.15, 0.2) is 35.6 Å². The Kier molecular flexibility index (Phi) is 2.92. The van der Waals surface area contributed by atoms with Gasteiger partial charge in [-0.05, 0) is 24.3 Å². The van der Waals surface area contributed by atoms with Crippen LogP contribution in [-0.2, 0) is 0 Å². The zero-order valence-corrected chi connectivity index (χ0v) is 10.8. The fourth-order valence-electron chi connectivity index (χ4n) is 2.03. The standard InChI is InChI=1S/C14H13N3S/c15-8-7-14(5-6-14)9-18-13-11-3-1-2-4-12(11)16-10-17-13/h1-4,10H,5-7,9H2. The highest BCUT2D eigenvalue weighted by molar-refractivity contribution is 7.99. The predicted molar refractivity (Wildman–Crippen MR) is 72.2 cm³/mol. The quantitative estimate of drug-likeness (QED) is 0.620. The van der Waals surface area contributed by atoms with E-state index in [4.69, 9.17) is 5.26 Å². The van der Waals surface area contributed by atoms with Crippen molar-refractivity contribution in [3.05, 3.63) is 30.6 Å². The summed E-state index contributed by atoms with van der Waals surface area (Å²) in [4.78, 5) is 8.63. The third kappa shape index (κ3) is 2.19. The number of para-hydroxylation sites is 1. The Labute approximate surface area is 110 Å². The number of hydrogen-bond acceptors (Lipinski definition) is 4. The third-order valence-corrected chi connectivity index (χ3v) is 4.79. The van der Waals surface area contributed by atoms with Crippen molar-refractivity contribution in [3.8, 4) is 6.07 Å². The molecule has 1 aromatic carbocycles. The number of nitriles is 1. The number of nitrogens with zero attached hydrogens (tertiary/aromatic N) is 3. The summed E-state index contributed by atoms with van der Waals surface area (Å²) in [6.07, 6.45) is 4.64. The second-order valence-corrected chi connectivity index (χ2v) is 5.78. The minimum atomic E-state index is 0.255. The fourth-order valence-corrected chi connectivity index (χ4v) is 3.32. The van der Waals surface area contributed by atoms with Crippen molar-refractivity contribution in [2.45, 2.75) is 24.3 Å². The molecule has 0 aliphatic heterocycles. The number of thioether (sulfide) groups is 1. The van der Waals surface area contributed by atoms with Crippen LogP contribution in [0, 0.1) is 16.7 Å². The molecule has 0 saturated heterocycles. The van der Waals surface area contributed by atoms with Crippen LogP contribution in [0.5, 0.6) is 0 Å². The van der Waals surface area contributed by atoms with Crippen molar-refractivity contribution in [3.63, 3.8) is 0 Å². The molecule has 1 aliphatic rings. The van der Waals surface area contributed by atoms with Gasteiger partial charge in [-0.2, -0.15) is 5.26 Å². The van der Waals surface area contributed by atoms with Crippen LogP contribution >= 0.6 is 11.8 Å². The Hall–Kier alpha value is -1.60. The molecule has 3 rings (SSSR count). The molecule has 0 bridgehead atoms. The summed E-state index contributed by atoms with van der Waals surface area (Å²) in [5.41, 5.74) is 1.24. The van der Waals surface area contributed by atoms with Crippen molar-refractivity contribution in [1.82, 2.24) is 9.97 Å². The molecule has 3 nitrogen and oxygen atoms in total. The van der Waals surface area contributed by atoms with E-state index in [9.17, 15) is 0 Å². The van der Waals surface area contributed by atoms with Gasteiger partial charge in [-0.15, -0.1) is 11.8 Å². The lowest BCUT2D eigenvalue weighted by molar-refractivity contribution is 0.604. The molecule has 1 aliphatic carbocycles. The van der Waals surface area contributed by atoms with Gasteiger partial charge in [0.15, 0.2) is 0 Å². The molecule has 0 N–H and O–H groups in total. The number of fused-ring (bicyclic) bond motifs is 1. The second kappa shape index (κ2) is 4.58. The number of aromatic nitrogens is 2. The summed E-state index contributed by atoms with van der Waals surface area (Å²) in [7, 11) is 0. The van der Waals surface area contributed by atoms with Gasteiger partial charge in [0, 0.05) is 17.6 Å². The van der Waals surface area contributed by atoms with E-state index >= 15 is 0 Å². The highest BCUT2D eigenvalue weighted by Crippen LogP contribution is 2.51. The van der Waals surface area contributed by atoms with Crippen molar-refractivity contribution in [1.29, 1.82) is 5.26 Å². The van der Waals surface area contributed by atoms with Gasteiger partial charge in [-0.1, -0.05) is 18.2 Å². The van der Waals surface area contributed by atoms with E-state index in [1.807, 2.05) is 18.2 Å². The van der Waals surface area contributed by atoms with E-state index in [2.05, 4.69) is 22.1 Å². The lowest BCUT2D eigenvalue weighted by Gasteiger charge is -2.10. The molecule has 1 saturated carbocycles. The first-order valence-electron chi connectivity index (χ1n) is 6.03. The Morgan fingerprint density at radius 1 is 1.28 bits per heavy atom. The van der Waals surface area contributed by atoms with Crippen LogP contribution in [0.2, 0.25) is 0 Å². The number of benzene rings is 1. The maximum atomic E-state index is 8.83.